The summed E-state index contributed by atoms with van der Waals surface area (Å²) in [6, 6.07) is 14.7. The maximum absolute atomic E-state index is 13.8. The van der Waals surface area contributed by atoms with Crippen LogP contribution in [0.1, 0.15) is 21.6 Å². The van der Waals surface area contributed by atoms with Gasteiger partial charge in [0.05, 0.1) is 17.2 Å². The third-order valence-corrected chi connectivity index (χ3v) is 3.20. The third-order valence-electron chi connectivity index (χ3n) is 3.20. The van der Waals surface area contributed by atoms with Crippen LogP contribution in [0, 0.1) is 17.1 Å². The number of hydrogen-bond acceptors (Lipinski definition) is 3. The van der Waals surface area contributed by atoms with Crippen molar-refractivity contribution in [2.75, 3.05) is 0 Å². The van der Waals surface area contributed by atoms with Crippen molar-refractivity contribution in [2.45, 2.75) is 0 Å². The molecular weight excluding hydrogens is 267 g/mol. The third kappa shape index (κ3) is 2.37. The van der Waals surface area contributed by atoms with Crippen LogP contribution in [0.3, 0.4) is 0 Å². The van der Waals surface area contributed by atoms with Gasteiger partial charge in [-0.2, -0.15) is 5.26 Å². The van der Waals surface area contributed by atoms with E-state index in [1.165, 1.54) is 12.1 Å². The highest BCUT2D eigenvalue weighted by Gasteiger charge is 2.16. The Morgan fingerprint density at radius 3 is 2.62 bits per heavy atom. The van der Waals surface area contributed by atoms with E-state index in [0.29, 0.717) is 0 Å². The molecule has 4 heteroatoms. The second-order valence-electron chi connectivity index (χ2n) is 4.55. The first-order valence-electron chi connectivity index (χ1n) is 6.28. The van der Waals surface area contributed by atoms with Gasteiger partial charge in [-0.1, -0.05) is 24.3 Å². The summed E-state index contributed by atoms with van der Waals surface area (Å²) in [5.41, 5.74) is 0.250. The molecule has 0 fully saturated rings. The second kappa shape index (κ2) is 5.14. The summed E-state index contributed by atoms with van der Waals surface area (Å²) >= 11 is 0. The van der Waals surface area contributed by atoms with Crippen molar-refractivity contribution in [1.82, 2.24) is 4.98 Å². The minimum Gasteiger partial charge on any atom is -0.287 e. The number of benzene rings is 2. The largest absolute Gasteiger partial charge is 0.287 e. The molecule has 0 unspecified atom stereocenters. The topological polar surface area (TPSA) is 53.8 Å². The minimum absolute atomic E-state index is 0.142. The van der Waals surface area contributed by atoms with Gasteiger partial charge in [0.2, 0.25) is 5.78 Å². The smallest absolute Gasteiger partial charge is 0.214 e. The second-order valence-corrected chi connectivity index (χ2v) is 4.55. The summed E-state index contributed by atoms with van der Waals surface area (Å²) in [6.07, 6.45) is 1.58. The number of ketones is 1. The average molecular weight is 276 g/mol. The first kappa shape index (κ1) is 12.9. The van der Waals surface area contributed by atoms with E-state index >= 15 is 0 Å². The lowest BCUT2D eigenvalue weighted by Gasteiger charge is -2.04. The highest BCUT2D eigenvalue weighted by atomic mass is 19.1. The van der Waals surface area contributed by atoms with Gasteiger partial charge in [-0.05, 0) is 29.7 Å². The fourth-order valence-electron chi connectivity index (χ4n) is 2.11. The summed E-state index contributed by atoms with van der Waals surface area (Å²) in [6.45, 7) is 0. The van der Waals surface area contributed by atoms with Crippen molar-refractivity contribution in [3.63, 3.8) is 0 Å². The molecule has 2 aromatic carbocycles. The van der Waals surface area contributed by atoms with Crippen LogP contribution in [0.25, 0.3) is 10.8 Å². The van der Waals surface area contributed by atoms with Crippen LogP contribution in [-0.4, -0.2) is 10.8 Å². The molecule has 0 N–H and O–H groups in total. The van der Waals surface area contributed by atoms with Crippen LogP contribution in [0.5, 0.6) is 0 Å². The summed E-state index contributed by atoms with van der Waals surface area (Å²) < 4.78 is 13.8. The number of fused-ring (bicyclic) bond motifs is 1. The van der Waals surface area contributed by atoms with Gasteiger partial charge in [-0.25, -0.2) is 4.39 Å². The molecule has 0 aliphatic heterocycles. The van der Waals surface area contributed by atoms with Crippen molar-refractivity contribution in [3.05, 3.63) is 77.4 Å². The van der Waals surface area contributed by atoms with Crippen LogP contribution in [0.15, 0.2) is 54.7 Å². The number of carbonyl (C=O) groups excluding carboxylic acids is 1. The molecule has 3 aromatic rings. The number of halogens is 1. The van der Waals surface area contributed by atoms with Gasteiger partial charge in [0.25, 0.3) is 0 Å². The Labute approximate surface area is 120 Å². The molecule has 21 heavy (non-hydrogen) atoms. The highest BCUT2D eigenvalue weighted by Crippen LogP contribution is 2.18. The van der Waals surface area contributed by atoms with Crippen LogP contribution in [0.2, 0.25) is 0 Å². The number of pyridine rings is 1. The molecule has 0 aliphatic carbocycles. The van der Waals surface area contributed by atoms with Crippen molar-refractivity contribution in [3.8, 4) is 6.07 Å². The number of carbonyl (C=O) groups is 1. The van der Waals surface area contributed by atoms with Crippen molar-refractivity contribution < 1.29 is 9.18 Å². The number of hydrogen-bond donors (Lipinski definition) is 0. The molecule has 1 aromatic heterocycles. The molecule has 0 saturated carbocycles. The van der Waals surface area contributed by atoms with E-state index in [-0.39, 0.29) is 16.8 Å². The molecule has 3 rings (SSSR count). The Hall–Kier alpha value is -3.06. The predicted molar refractivity (Wildman–Crippen MR) is 76.3 cm³/mol. The molecule has 0 atom stereocenters. The molecule has 3 nitrogen and oxygen atoms in total. The summed E-state index contributed by atoms with van der Waals surface area (Å²) in [7, 11) is 0. The molecule has 0 radical (unpaired) electrons. The molecule has 0 spiro atoms. The lowest BCUT2D eigenvalue weighted by atomic mass is 10.0. The minimum atomic E-state index is -0.658. The maximum Gasteiger partial charge on any atom is 0.214 e. The lowest BCUT2D eigenvalue weighted by molar-refractivity contribution is 0.103. The van der Waals surface area contributed by atoms with Crippen molar-refractivity contribution >= 4 is 16.6 Å². The molecule has 0 aliphatic rings. The number of nitriles is 1. The van der Waals surface area contributed by atoms with Crippen LogP contribution >= 0.6 is 0 Å². The van der Waals surface area contributed by atoms with Gasteiger partial charge in [-0.3, -0.25) is 9.78 Å². The van der Waals surface area contributed by atoms with Gasteiger partial charge < -0.3 is 0 Å². The van der Waals surface area contributed by atoms with E-state index in [1.807, 2.05) is 30.3 Å². The van der Waals surface area contributed by atoms with E-state index in [4.69, 9.17) is 5.26 Å². The highest BCUT2D eigenvalue weighted by molar-refractivity contribution is 6.09. The van der Waals surface area contributed by atoms with Crippen molar-refractivity contribution in [1.29, 1.82) is 5.26 Å². The lowest BCUT2D eigenvalue weighted by Crippen LogP contribution is -2.07. The maximum atomic E-state index is 13.8. The monoisotopic (exact) mass is 276 g/mol. The molecule has 100 valence electrons. The van der Waals surface area contributed by atoms with Gasteiger partial charge >= 0.3 is 0 Å². The van der Waals surface area contributed by atoms with Crippen LogP contribution < -0.4 is 0 Å². The number of nitrogens with zero attached hydrogens (tertiary/aromatic N) is 2. The molecule has 0 bridgehead atoms. The zero-order valence-corrected chi connectivity index (χ0v) is 10.9. The normalized spacial score (nSPS) is 10.3. The van der Waals surface area contributed by atoms with E-state index < -0.39 is 11.6 Å². The Morgan fingerprint density at radius 2 is 1.86 bits per heavy atom. The Balaban J connectivity index is 2.10. The Morgan fingerprint density at radius 1 is 1.10 bits per heavy atom. The zero-order valence-electron chi connectivity index (χ0n) is 10.9. The predicted octanol–water partition coefficient (Wildman–Crippen LogP) is 3.48. The molecule has 1 heterocycles. The number of aromatic nitrogens is 1. The Kier molecular flexibility index (Phi) is 3.17. The number of rotatable bonds is 2. The van der Waals surface area contributed by atoms with Gasteiger partial charge in [0, 0.05) is 11.6 Å². The standard InChI is InChI=1S/C17H9FN2O/c18-15-6-5-11(9-19)7-14(15)17(21)16-8-12-3-1-2-4-13(12)10-20-16/h1-8,10H. The van der Waals surface area contributed by atoms with E-state index in [0.717, 1.165) is 16.8 Å². The zero-order chi connectivity index (χ0) is 14.8. The molecule has 0 saturated heterocycles. The van der Waals surface area contributed by atoms with Gasteiger partial charge in [0.1, 0.15) is 11.5 Å². The van der Waals surface area contributed by atoms with Crippen LogP contribution in [-0.2, 0) is 0 Å². The first-order valence-corrected chi connectivity index (χ1v) is 6.28. The average Bonchev–Trinajstić information content (AvgIpc) is 2.54. The summed E-state index contributed by atoms with van der Waals surface area (Å²) in [5, 5.41) is 10.6. The first-order chi connectivity index (χ1) is 10.2. The van der Waals surface area contributed by atoms with E-state index in [1.54, 1.807) is 12.3 Å². The summed E-state index contributed by atoms with van der Waals surface area (Å²) in [4.78, 5) is 16.4. The Bertz CT molecular complexity index is 897. The van der Waals surface area contributed by atoms with Gasteiger partial charge in [0.15, 0.2) is 0 Å². The molecule has 0 amide bonds. The molecular formula is C17H9FN2O. The SMILES string of the molecule is N#Cc1ccc(F)c(C(=O)c2cc3ccccc3cn2)c1. The summed E-state index contributed by atoms with van der Waals surface area (Å²) in [5.74, 6) is -1.19. The van der Waals surface area contributed by atoms with Gasteiger partial charge in [-0.15, -0.1) is 0 Å². The van der Waals surface area contributed by atoms with Crippen molar-refractivity contribution in [2.24, 2.45) is 0 Å². The van der Waals surface area contributed by atoms with E-state index in [2.05, 4.69) is 4.98 Å². The fourth-order valence-corrected chi connectivity index (χ4v) is 2.11. The fraction of sp³-hybridized carbons (Fsp3) is 0. The van der Waals surface area contributed by atoms with Crippen LogP contribution in [0.4, 0.5) is 4.39 Å². The quantitative estimate of drug-likeness (QED) is 0.673. The van der Waals surface area contributed by atoms with E-state index in [9.17, 15) is 9.18 Å².